The van der Waals surface area contributed by atoms with Crippen molar-refractivity contribution in [2.24, 2.45) is 0 Å². The summed E-state index contributed by atoms with van der Waals surface area (Å²) in [5.41, 5.74) is 5.36. The summed E-state index contributed by atoms with van der Waals surface area (Å²) in [6.45, 7) is 0. The molecule has 2 aliphatic rings. The molecule has 2 rings (SSSR count). The van der Waals surface area contributed by atoms with E-state index in [1.165, 1.54) is 12.8 Å². The van der Waals surface area contributed by atoms with Crippen LogP contribution in [0.5, 0.6) is 0 Å². The van der Waals surface area contributed by atoms with E-state index in [1.807, 2.05) is 0 Å². The molecule has 6 heteroatoms. The maximum Gasteiger partial charge on any atom is 0.356 e. The van der Waals surface area contributed by atoms with Crippen LogP contribution in [-0.2, 0) is 4.79 Å². The fraction of sp³-hybridized carbons (Fsp3) is 0.625. The molecule has 0 aromatic carbocycles. The topological polar surface area (TPSA) is 64.6 Å². The van der Waals surface area contributed by atoms with Crippen molar-refractivity contribution in [1.29, 1.82) is 0 Å². The van der Waals surface area contributed by atoms with Crippen molar-refractivity contribution < 1.29 is 9.90 Å². The summed E-state index contributed by atoms with van der Waals surface area (Å²) in [6, 6.07) is 0.312. The van der Waals surface area contributed by atoms with Gasteiger partial charge >= 0.3 is 5.97 Å². The normalized spacial score (nSPS) is 23.1. The lowest BCUT2D eigenvalue weighted by atomic mass is 10.2. The fourth-order valence-electron chi connectivity index (χ4n) is 1.89. The molecule has 14 heavy (non-hydrogen) atoms. The predicted molar refractivity (Wildman–Crippen MR) is 50.9 cm³/mol. The van der Waals surface area contributed by atoms with Crippen LogP contribution in [0.15, 0.2) is 10.9 Å². The standard InChI is InChI=1S/C8H12ClN3O2/c9-7-6(8(13)14)10-11-12(7)5-3-1-2-4-5/h5,10-11H,1-4H2,(H,13,14). The number of hydrazine groups is 2. The Kier molecular flexibility index (Phi) is 2.52. The summed E-state index contributed by atoms with van der Waals surface area (Å²) in [5, 5.41) is 10.7. The van der Waals surface area contributed by atoms with Crippen molar-refractivity contribution in [1.82, 2.24) is 16.0 Å². The summed E-state index contributed by atoms with van der Waals surface area (Å²) in [4.78, 5) is 10.7. The SMILES string of the molecule is O=C(O)C1=C(Cl)N(C2CCCC2)NN1. The van der Waals surface area contributed by atoms with Gasteiger partial charge in [-0.25, -0.2) is 4.79 Å². The van der Waals surface area contributed by atoms with Crippen LogP contribution in [0.4, 0.5) is 0 Å². The zero-order valence-electron chi connectivity index (χ0n) is 7.59. The van der Waals surface area contributed by atoms with Gasteiger partial charge in [-0.3, -0.25) is 10.4 Å². The largest absolute Gasteiger partial charge is 0.476 e. The first-order chi connectivity index (χ1) is 6.70. The monoisotopic (exact) mass is 217 g/mol. The molecule has 1 aliphatic heterocycles. The van der Waals surface area contributed by atoms with E-state index in [-0.39, 0.29) is 10.9 Å². The molecule has 0 amide bonds. The van der Waals surface area contributed by atoms with Gasteiger partial charge in [0.1, 0.15) is 0 Å². The second kappa shape index (κ2) is 3.67. The lowest BCUT2D eigenvalue weighted by molar-refractivity contribution is -0.133. The maximum absolute atomic E-state index is 10.7. The Morgan fingerprint density at radius 2 is 2.14 bits per heavy atom. The lowest BCUT2D eigenvalue weighted by Gasteiger charge is -2.24. The molecule has 78 valence electrons. The van der Waals surface area contributed by atoms with E-state index in [0.717, 1.165) is 12.8 Å². The van der Waals surface area contributed by atoms with Gasteiger partial charge in [0, 0.05) is 6.04 Å². The molecule has 0 aromatic rings. The van der Waals surface area contributed by atoms with Crippen molar-refractivity contribution in [3.63, 3.8) is 0 Å². The minimum Gasteiger partial charge on any atom is -0.476 e. The van der Waals surface area contributed by atoms with E-state index in [4.69, 9.17) is 16.7 Å². The minimum atomic E-state index is -1.04. The number of rotatable bonds is 2. The van der Waals surface area contributed by atoms with E-state index in [2.05, 4.69) is 11.0 Å². The van der Waals surface area contributed by atoms with Gasteiger partial charge in [-0.05, 0) is 12.8 Å². The van der Waals surface area contributed by atoms with Crippen molar-refractivity contribution in [2.45, 2.75) is 31.7 Å². The summed E-state index contributed by atoms with van der Waals surface area (Å²) in [7, 11) is 0. The van der Waals surface area contributed by atoms with Crippen LogP contribution in [-0.4, -0.2) is 22.1 Å². The molecule has 5 nitrogen and oxygen atoms in total. The van der Waals surface area contributed by atoms with Crippen LogP contribution in [0.25, 0.3) is 0 Å². The zero-order valence-corrected chi connectivity index (χ0v) is 8.34. The quantitative estimate of drug-likeness (QED) is 0.596. The number of carbonyl (C=O) groups is 1. The van der Waals surface area contributed by atoms with Crippen molar-refractivity contribution in [3.8, 4) is 0 Å². The Labute approximate surface area is 86.7 Å². The van der Waals surface area contributed by atoms with Gasteiger partial charge in [-0.1, -0.05) is 24.4 Å². The maximum atomic E-state index is 10.7. The summed E-state index contributed by atoms with van der Waals surface area (Å²) in [6.07, 6.45) is 4.46. The molecule has 1 aliphatic carbocycles. The van der Waals surface area contributed by atoms with Gasteiger partial charge in [0.25, 0.3) is 0 Å². The first-order valence-electron chi connectivity index (χ1n) is 4.64. The van der Waals surface area contributed by atoms with E-state index in [0.29, 0.717) is 6.04 Å². The number of carboxylic acid groups (broad SMARTS) is 1. The number of aliphatic carboxylic acids is 1. The second-order valence-electron chi connectivity index (χ2n) is 3.52. The Bertz CT molecular complexity index is 286. The fourth-order valence-corrected chi connectivity index (χ4v) is 2.20. The molecule has 0 saturated heterocycles. The average molecular weight is 218 g/mol. The molecule has 0 spiro atoms. The smallest absolute Gasteiger partial charge is 0.356 e. The Morgan fingerprint density at radius 3 is 2.64 bits per heavy atom. The van der Waals surface area contributed by atoms with Crippen LogP contribution in [0, 0.1) is 0 Å². The molecule has 1 saturated carbocycles. The van der Waals surface area contributed by atoms with Gasteiger partial charge in [0.15, 0.2) is 10.9 Å². The molecule has 0 radical (unpaired) electrons. The molecule has 0 bridgehead atoms. The molecule has 3 N–H and O–H groups in total. The van der Waals surface area contributed by atoms with Crippen molar-refractivity contribution >= 4 is 17.6 Å². The molecule has 0 unspecified atom stereocenters. The summed E-state index contributed by atoms with van der Waals surface area (Å²) >= 11 is 5.92. The summed E-state index contributed by atoms with van der Waals surface area (Å²) in [5.74, 6) is -1.04. The number of hydrogen-bond donors (Lipinski definition) is 3. The number of halogens is 1. The summed E-state index contributed by atoms with van der Waals surface area (Å²) < 4.78 is 0. The number of hydrogen-bond acceptors (Lipinski definition) is 4. The van der Waals surface area contributed by atoms with E-state index < -0.39 is 5.97 Å². The highest BCUT2D eigenvalue weighted by atomic mass is 35.5. The van der Waals surface area contributed by atoms with E-state index in [1.54, 1.807) is 5.01 Å². The second-order valence-corrected chi connectivity index (χ2v) is 3.87. The number of nitrogens with one attached hydrogen (secondary N) is 2. The molecule has 0 aromatic heterocycles. The third-order valence-electron chi connectivity index (χ3n) is 2.62. The highest BCUT2D eigenvalue weighted by molar-refractivity contribution is 6.31. The zero-order chi connectivity index (χ0) is 10.1. The molecule has 0 atom stereocenters. The van der Waals surface area contributed by atoms with Crippen LogP contribution in [0.1, 0.15) is 25.7 Å². The Balaban J connectivity index is 2.12. The van der Waals surface area contributed by atoms with Gasteiger partial charge in [-0.15, -0.1) is 5.53 Å². The average Bonchev–Trinajstić information content (AvgIpc) is 2.71. The first kappa shape index (κ1) is 9.61. The number of nitrogens with zero attached hydrogens (tertiary/aromatic N) is 1. The molecule has 1 fully saturated rings. The van der Waals surface area contributed by atoms with Gasteiger partial charge in [0.2, 0.25) is 0 Å². The Hall–Kier alpha value is -0.940. The van der Waals surface area contributed by atoms with E-state index >= 15 is 0 Å². The van der Waals surface area contributed by atoms with E-state index in [9.17, 15) is 4.79 Å². The molecular weight excluding hydrogens is 206 g/mol. The van der Waals surface area contributed by atoms with Gasteiger partial charge in [0.05, 0.1) is 0 Å². The lowest BCUT2D eigenvalue weighted by Crippen LogP contribution is -2.43. The third kappa shape index (κ3) is 1.53. The van der Waals surface area contributed by atoms with Crippen LogP contribution in [0.2, 0.25) is 0 Å². The van der Waals surface area contributed by atoms with Crippen molar-refractivity contribution in [3.05, 3.63) is 10.9 Å². The van der Waals surface area contributed by atoms with Crippen LogP contribution >= 0.6 is 11.6 Å². The first-order valence-corrected chi connectivity index (χ1v) is 5.02. The third-order valence-corrected chi connectivity index (χ3v) is 2.99. The van der Waals surface area contributed by atoms with Gasteiger partial charge < -0.3 is 5.11 Å². The Morgan fingerprint density at radius 1 is 1.50 bits per heavy atom. The highest BCUT2D eigenvalue weighted by Gasteiger charge is 2.31. The predicted octanol–water partition coefficient (Wildman–Crippen LogP) is 0.746. The molecule has 1 heterocycles. The van der Waals surface area contributed by atoms with Crippen molar-refractivity contribution in [2.75, 3.05) is 0 Å². The minimum absolute atomic E-state index is 0.0265. The molecular formula is C8H12ClN3O2. The highest BCUT2D eigenvalue weighted by Crippen LogP contribution is 2.28. The number of carboxylic acids is 1. The van der Waals surface area contributed by atoms with Gasteiger partial charge in [-0.2, -0.15) is 0 Å². The van der Waals surface area contributed by atoms with Crippen LogP contribution < -0.4 is 11.0 Å². The van der Waals surface area contributed by atoms with Crippen LogP contribution in [0.3, 0.4) is 0 Å².